The Labute approximate surface area is 112 Å². The lowest BCUT2D eigenvalue weighted by Gasteiger charge is -2.37. The van der Waals surface area contributed by atoms with Crippen LogP contribution in [0.4, 0.5) is 10.3 Å². The standard InChI is InChI=1S/C13H19FN4O/c1-13(9-19)4-11-7-17(2-3-18(11)8-13)12-15-5-10(14)6-16-12/h5-6,11,19H,2-4,7-9H2,1H3. The Bertz CT molecular complexity index is 454. The fourth-order valence-electron chi connectivity index (χ4n) is 3.18. The Hall–Kier alpha value is -1.27. The normalized spacial score (nSPS) is 31.5. The van der Waals surface area contributed by atoms with E-state index in [-0.39, 0.29) is 12.0 Å². The second-order valence-electron chi connectivity index (χ2n) is 5.94. The number of aliphatic hydroxyl groups is 1. The molecule has 1 aromatic heterocycles. The van der Waals surface area contributed by atoms with Crippen LogP contribution >= 0.6 is 0 Å². The summed E-state index contributed by atoms with van der Waals surface area (Å²) in [5.41, 5.74) is 0.00430. The van der Waals surface area contributed by atoms with E-state index >= 15 is 0 Å². The molecule has 2 aliphatic rings. The molecule has 2 fully saturated rings. The van der Waals surface area contributed by atoms with Crippen LogP contribution in [0.15, 0.2) is 12.4 Å². The van der Waals surface area contributed by atoms with E-state index in [1.807, 2.05) is 0 Å². The number of halogens is 1. The van der Waals surface area contributed by atoms with Crippen molar-refractivity contribution in [3.05, 3.63) is 18.2 Å². The van der Waals surface area contributed by atoms with E-state index in [2.05, 4.69) is 26.7 Å². The van der Waals surface area contributed by atoms with Gasteiger partial charge in [-0.1, -0.05) is 6.92 Å². The SMILES string of the molecule is CC1(CO)CC2CN(c3ncc(F)cn3)CCN2C1. The average Bonchev–Trinajstić information content (AvgIpc) is 2.76. The minimum Gasteiger partial charge on any atom is -0.396 e. The maximum atomic E-state index is 12.8. The number of aromatic nitrogens is 2. The molecule has 0 bridgehead atoms. The molecule has 19 heavy (non-hydrogen) atoms. The quantitative estimate of drug-likeness (QED) is 0.845. The molecule has 2 unspecified atom stereocenters. The lowest BCUT2D eigenvalue weighted by atomic mass is 9.89. The Morgan fingerprint density at radius 3 is 2.84 bits per heavy atom. The first-order valence-corrected chi connectivity index (χ1v) is 6.67. The number of anilines is 1. The maximum absolute atomic E-state index is 12.8. The van der Waals surface area contributed by atoms with Gasteiger partial charge < -0.3 is 10.0 Å². The number of nitrogens with zero attached hydrogens (tertiary/aromatic N) is 4. The molecule has 1 N–H and O–H groups in total. The van der Waals surface area contributed by atoms with Crippen LogP contribution in [0.3, 0.4) is 0 Å². The fourth-order valence-corrected chi connectivity index (χ4v) is 3.18. The molecule has 0 aromatic carbocycles. The van der Waals surface area contributed by atoms with Crippen molar-refractivity contribution in [1.29, 1.82) is 0 Å². The summed E-state index contributed by atoms with van der Waals surface area (Å²) in [7, 11) is 0. The van der Waals surface area contributed by atoms with E-state index in [9.17, 15) is 9.50 Å². The van der Waals surface area contributed by atoms with E-state index in [0.29, 0.717) is 12.0 Å². The highest BCUT2D eigenvalue weighted by Crippen LogP contribution is 2.36. The van der Waals surface area contributed by atoms with Crippen LogP contribution in [0, 0.1) is 11.2 Å². The first-order valence-electron chi connectivity index (χ1n) is 6.67. The number of fused-ring (bicyclic) bond motifs is 1. The van der Waals surface area contributed by atoms with E-state index in [0.717, 1.165) is 32.6 Å². The summed E-state index contributed by atoms with van der Waals surface area (Å²) >= 11 is 0. The summed E-state index contributed by atoms with van der Waals surface area (Å²) in [6.45, 7) is 5.95. The lowest BCUT2D eigenvalue weighted by molar-refractivity contribution is 0.144. The smallest absolute Gasteiger partial charge is 0.225 e. The molecule has 2 aliphatic heterocycles. The van der Waals surface area contributed by atoms with Crippen molar-refractivity contribution in [2.45, 2.75) is 19.4 Å². The van der Waals surface area contributed by atoms with Gasteiger partial charge in [-0.3, -0.25) is 4.90 Å². The van der Waals surface area contributed by atoms with Gasteiger partial charge in [0.1, 0.15) is 0 Å². The molecule has 6 heteroatoms. The summed E-state index contributed by atoms with van der Waals surface area (Å²) in [5.74, 6) is 0.190. The Morgan fingerprint density at radius 2 is 2.16 bits per heavy atom. The highest BCUT2D eigenvalue weighted by Gasteiger charge is 2.42. The monoisotopic (exact) mass is 266 g/mol. The minimum absolute atomic E-state index is 0.00430. The number of hydrogen-bond acceptors (Lipinski definition) is 5. The molecule has 0 saturated carbocycles. The van der Waals surface area contributed by atoms with E-state index in [4.69, 9.17) is 0 Å². The molecule has 1 aromatic rings. The van der Waals surface area contributed by atoms with Gasteiger partial charge in [-0.25, -0.2) is 14.4 Å². The largest absolute Gasteiger partial charge is 0.396 e. The van der Waals surface area contributed by atoms with Gasteiger partial charge in [-0.05, 0) is 6.42 Å². The number of piperazine rings is 1. The molecule has 2 atom stereocenters. The fraction of sp³-hybridized carbons (Fsp3) is 0.692. The molecule has 3 rings (SSSR count). The zero-order chi connectivity index (χ0) is 13.5. The van der Waals surface area contributed by atoms with Crippen LogP contribution in [0.25, 0.3) is 0 Å². The molecule has 5 nitrogen and oxygen atoms in total. The predicted molar refractivity (Wildman–Crippen MR) is 69.4 cm³/mol. The molecule has 104 valence electrons. The van der Waals surface area contributed by atoms with Gasteiger partial charge in [0.25, 0.3) is 0 Å². The van der Waals surface area contributed by atoms with Crippen LogP contribution in [0.5, 0.6) is 0 Å². The minimum atomic E-state index is -0.406. The molecule has 0 spiro atoms. The van der Waals surface area contributed by atoms with Crippen LogP contribution in [0.1, 0.15) is 13.3 Å². The van der Waals surface area contributed by atoms with Crippen molar-refractivity contribution in [3.63, 3.8) is 0 Å². The highest BCUT2D eigenvalue weighted by atomic mass is 19.1. The van der Waals surface area contributed by atoms with Gasteiger partial charge >= 0.3 is 0 Å². The van der Waals surface area contributed by atoms with Crippen molar-refractivity contribution >= 4 is 5.95 Å². The number of aliphatic hydroxyl groups excluding tert-OH is 1. The molecular weight excluding hydrogens is 247 g/mol. The van der Waals surface area contributed by atoms with Gasteiger partial charge in [-0.2, -0.15) is 0 Å². The van der Waals surface area contributed by atoms with Crippen molar-refractivity contribution < 1.29 is 9.50 Å². The summed E-state index contributed by atoms with van der Waals surface area (Å²) in [5, 5.41) is 9.48. The second kappa shape index (κ2) is 4.68. The molecule has 0 radical (unpaired) electrons. The van der Waals surface area contributed by atoms with E-state index < -0.39 is 5.82 Å². The van der Waals surface area contributed by atoms with Gasteiger partial charge in [0.2, 0.25) is 5.95 Å². The van der Waals surface area contributed by atoms with Gasteiger partial charge in [0, 0.05) is 44.2 Å². The topological polar surface area (TPSA) is 52.5 Å². The van der Waals surface area contributed by atoms with E-state index in [1.165, 1.54) is 12.4 Å². The predicted octanol–water partition coefficient (Wildman–Crippen LogP) is 0.509. The highest BCUT2D eigenvalue weighted by molar-refractivity contribution is 5.30. The van der Waals surface area contributed by atoms with E-state index in [1.54, 1.807) is 0 Å². The second-order valence-corrected chi connectivity index (χ2v) is 5.94. The average molecular weight is 266 g/mol. The first-order chi connectivity index (χ1) is 9.09. The number of rotatable bonds is 2. The molecular formula is C13H19FN4O. The zero-order valence-electron chi connectivity index (χ0n) is 11.1. The summed E-state index contributed by atoms with van der Waals surface area (Å²) in [4.78, 5) is 12.6. The van der Waals surface area contributed by atoms with Crippen LogP contribution < -0.4 is 4.90 Å². The molecule has 0 amide bonds. The van der Waals surface area contributed by atoms with Crippen molar-refractivity contribution in [1.82, 2.24) is 14.9 Å². The Kier molecular flexibility index (Phi) is 3.14. The van der Waals surface area contributed by atoms with Gasteiger partial charge in [0.05, 0.1) is 12.4 Å². The maximum Gasteiger partial charge on any atom is 0.225 e. The summed E-state index contributed by atoms with van der Waals surface area (Å²) in [6, 6.07) is 0.430. The Balaban J connectivity index is 1.71. The third-order valence-corrected chi connectivity index (χ3v) is 4.19. The Morgan fingerprint density at radius 1 is 1.42 bits per heavy atom. The molecule has 0 aliphatic carbocycles. The molecule has 2 saturated heterocycles. The zero-order valence-corrected chi connectivity index (χ0v) is 11.1. The van der Waals surface area contributed by atoms with Crippen LogP contribution in [-0.4, -0.2) is 58.8 Å². The third kappa shape index (κ3) is 2.42. The van der Waals surface area contributed by atoms with Gasteiger partial charge in [0.15, 0.2) is 5.82 Å². The first kappa shape index (κ1) is 12.7. The van der Waals surface area contributed by atoms with Crippen molar-refractivity contribution in [3.8, 4) is 0 Å². The number of hydrogen-bond donors (Lipinski definition) is 1. The van der Waals surface area contributed by atoms with Crippen LogP contribution in [-0.2, 0) is 0 Å². The molecule has 3 heterocycles. The van der Waals surface area contributed by atoms with Crippen molar-refractivity contribution in [2.75, 3.05) is 37.7 Å². The third-order valence-electron chi connectivity index (χ3n) is 4.19. The summed E-state index contributed by atoms with van der Waals surface area (Å²) < 4.78 is 12.8. The van der Waals surface area contributed by atoms with Crippen molar-refractivity contribution in [2.24, 2.45) is 5.41 Å². The lowest BCUT2D eigenvalue weighted by Crippen LogP contribution is -2.50. The summed E-state index contributed by atoms with van der Waals surface area (Å²) in [6.07, 6.45) is 3.41. The van der Waals surface area contributed by atoms with Crippen LogP contribution in [0.2, 0.25) is 0 Å². The van der Waals surface area contributed by atoms with Gasteiger partial charge in [-0.15, -0.1) is 0 Å².